The van der Waals surface area contributed by atoms with Crippen LogP contribution in [0.15, 0.2) is 42.5 Å². The fraction of sp³-hybridized carbons (Fsp3) is 0.250. The van der Waals surface area contributed by atoms with Crippen molar-refractivity contribution in [3.8, 4) is 11.5 Å². The molecule has 0 aliphatic heterocycles. The maximum atomic E-state index is 12.2. The first-order valence-corrected chi connectivity index (χ1v) is 8.65. The minimum atomic E-state index is -0.667. The Morgan fingerprint density at radius 1 is 1.14 bits per heavy atom. The van der Waals surface area contributed by atoms with Crippen molar-refractivity contribution in [3.05, 3.63) is 53.7 Å². The number of fused-ring (bicyclic) bond motifs is 1. The summed E-state index contributed by atoms with van der Waals surface area (Å²) >= 11 is 0. The maximum absolute atomic E-state index is 12.2. The third kappa shape index (κ3) is 4.06. The molecule has 1 atom stereocenters. The van der Waals surface area contributed by atoms with E-state index in [9.17, 15) is 9.59 Å². The fourth-order valence-electron chi connectivity index (χ4n) is 2.86. The van der Waals surface area contributed by atoms with Crippen LogP contribution in [0.4, 0.5) is 0 Å². The molecule has 0 saturated carbocycles. The molecule has 3 aromatic rings. The monoisotopic (exact) mass is 383 g/mol. The van der Waals surface area contributed by atoms with E-state index < -0.39 is 18.5 Å². The second-order valence-corrected chi connectivity index (χ2v) is 6.09. The fourth-order valence-corrected chi connectivity index (χ4v) is 2.86. The minimum absolute atomic E-state index is 0.144. The van der Waals surface area contributed by atoms with Crippen LogP contribution in [0.2, 0.25) is 0 Å². The lowest BCUT2D eigenvalue weighted by Gasteiger charge is -2.18. The number of esters is 1. The van der Waals surface area contributed by atoms with Gasteiger partial charge in [0.1, 0.15) is 11.5 Å². The predicted molar refractivity (Wildman–Crippen MR) is 102 cm³/mol. The molecule has 2 N–H and O–H groups in total. The number of para-hydroxylation sites is 1. The molecule has 1 heterocycles. The molecule has 0 aliphatic carbocycles. The zero-order chi connectivity index (χ0) is 20.1. The third-order valence-corrected chi connectivity index (χ3v) is 4.28. The Morgan fingerprint density at radius 3 is 2.68 bits per heavy atom. The highest BCUT2D eigenvalue weighted by Crippen LogP contribution is 2.29. The zero-order valence-electron chi connectivity index (χ0n) is 15.8. The van der Waals surface area contributed by atoms with Gasteiger partial charge in [0.25, 0.3) is 5.91 Å². The summed E-state index contributed by atoms with van der Waals surface area (Å²) in [5.74, 6) is 0.159. The van der Waals surface area contributed by atoms with Crippen LogP contribution in [-0.2, 0) is 9.53 Å². The maximum Gasteiger partial charge on any atom is 0.359 e. The molecule has 1 aromatic heterocycles. The number of hydrogen-bond donors (Lipinski definition) is 2. The summed E-state index contributed by atoms with van der Waals surface area (Å²) in [6.45, 7) is 1.38. The van der Waals surface area contributed by atoms with Gasteiger partial charge in [0.15, 0.2) is 12.3 Å². The van der Waals surface area contributed by atoms with Gasteiger partial charge in [0.2, 0.25) is 0 Å². The molecule has 0 unspecified atom stereocenters. The summed E-state index contributed by atoms with van der Waals surface area (Å²) in [5.41, 5.74) is 1.61. The molecule has 0 bridgehead atoms. The van der Waals surface area contributed by atoms with E-state index in [0.29, 0.717) is 16.9 Å². The van der Waals surface area contributed by atoms with Crippen molar-refractivity contribution in [1.82, 2.24) is 15.5 Å². The SMILES string of the molecule is COc1ccc(OC)c([C@H](C)NC(=O)COC(=O)c2n[nH]c3ccccc23)c1. The first-order chi connectivity index (χ1) is 13.5. The van der Waals surface area contributed by atoms with Gasteiger partial charge in [0, 0.05) is 10.9 Å². The van der Waals surface area contributed by atoms with Crippen LogP contribution < -0.4 is 14.8 Å². The largest absolute Gasteiger partial charge is 0.497 e. The van der Waals surface area contributed by atoms with E-state index in [1.54, 1.807) is 57.5 Å². The molecule has 0 spiro atoms. The van der Waals surface area contributed by atoms with Gasteiger partial charge < -0.3 is 19.5 Å². The second-order valence-electron chi connectivity index (χ2n) is 6.09. The summed E-state index contributed by atoms with van der Waals surface area (Å²) in [6.07, 6.45) is 0. The molecule has 0 fully saturated rings. The van der Waals surface area contributed by atoms with Crippen molar-refractivity contribution >= 4 is 22.8 Å². The van der Waals surface area contributed by atoms with E-state index in [2.05, 4.69) is 15.5 Å². The van der Waals surface area contributed by atoms with Crippen LogP contribution in [-0.4, -0.2) is 42.9 Å². The molecule has 3 rings (SSSR count). The molecule has 0 radical (unpaired) electrons. The van der Waals surface area contributed by atoms with E-state index in [1.807, 2.05) is 6.07 Å². The molecule has 0 saturated heterocycles. The van der Waals surface area contributed by atoms with E-state index in [0.717, 1.165) is 11.1 Å². The minimum Gasteiger partial charge on any atom is -0.497 e. The molecule has 8 nitrogen and oxygen atoms in total. The number of ether oxygens (including phenoxy) is 3. The highest BCUT2D eigenvalue weighted by atomic mass is 16.5. The summed E-state index contributed by atoms with van der Waals surface area (Å²) < 4.78 is 15.7. The Hall–Kier alpha value is -3.55. The lowest BCUT2D eigenvalue weighted by Crippen LogP contribution is -2.31. The van der Waals surface area contributed by atoms with Crippen LogP contribution in [0.5, 0.6) is 11.5 Å². The molecule has 0 aliphatic rings. The van der Waals surface area contributed by atoms with Gasteiger partial charge in [-0.15, -0.1) is 0 Å². The van der Waals surface area contributed by atoms with E-state index in [-0.39, 0.29) is 11.7 Å². The Morgan fingerprint density at radius 2 is 1.93 bits per heavy atom. The predicted octanol–water partition coefficient (Wildman–Crippen LogP) is 2.61. The molecular formula is C20H21N3O5. The quantitative estimate of drug-likeness (QED) is 0.608. The van der Waals surface area contributed by atoms with Crippen LogP contribution >= 0.6 is 0 Å². The molecule has 146 valence electrons. The summed E-state index contributed by atoms with van der Waals surface area (Å²) in [4.78, 5) is 24.5. The Bertz CT molecular complexity index is 998. The number of aromatic amines is 1. The Labute approximate surface area is 161 Å². The molecule has 1 amide bonds. The number of methoxy groups -OCH3 is 2. The summed E-state index contributed by atoms with van der Waals surface area (Å²) in [6, 6.07) is 12.1. The van der Waals surface area contributed by atoms with Crippen LogP contribution in [0.1, 0.15) is 29.0 Å². The number of carbonyl (C=O) groups is 2. The average molecular weight is 383 g/mol. The first-order valence-electron chi connectivity index (χ1n) is 8.65. The highest BCUT2D eigenvalue weighted by molar-refractivity contribution is 6.02. The smallest absolute Gasteiger partial charge is 0.359 e. The van der Waals surface area contributed by atoms with Gasteiger partial charge >= 0.3 is 5.97 Å². The van der Waals surface area contributed by atoms with E-state index in [1.165, 1.54) is 0 Å². The van der Waals surface area contributed by atoms with Gasteiger partial charge in [-0.1, -0.05) is 18.2 Å². The first kappa shape index (κ1) is 19.2. The highest BCUT2D eigenvalue weighted by Gasteiger charge is 2.19. The van der Waals surface area contributed by atoms with Crippen molar-refractivity contribution in [2.75, 3.05) is 20.8 Å². The van der Waals surface area contributed by atoms with Crippen LogP contribution in [0, 0.1) is 0 Å². The summed E-state index contributed by atoms with van der Waals surface area (Å²) in [5, 5.41) is 10.1. The van der Waals surface area contributed by atoms with Crippen LogP contribution in [0.25, 0.3) is 10.9 Å². The third-order valence-electron chi connectivity index (χ3n) is 4.28. The Balaban J connectivity index is 1.62. The topological polar surface area (TPSA) is 103 Å². The molecule has 8 heteroatoms. The number of aromatic nitrogens is 2. The lowest BCUT2D eigenvalue weighted by atomic mass is 10.1. The summed E-state index contributed by atoms with van der Waals surface area (Å²) in [7, 11) is 3.11. The van der Waals surface area contributed by atoms with Crippen LogP contribution in [0.3, 0.4) is 0 Å². The number of benzene rings is 2. The number of nitrogens with zero attached hydrogens (tertiary/aromatic N) is 1. The number of rotatable bonds is 7. The van der Waals surface area contributed by atoms with Crippen molar-refractivity contribution in [2.24, 2.45) is 0 Å². The van der Waals surface area contributed by atoms with E-state index >= 15 is 0 Å². The van der Waals surface area contributed by atoms with E-state index in [4.69, 9.17) is 14.2 Å². The van der Waals surface area contributed by atoms with Crippen molar-refractivity contribution < 1.29 is 23.8 Å². The zero-order valence-corrected chi connectivity index (χ0v) is 15.8. The number of amides is 1. The van der Waals surface area contributed by atoms with Gasteiger partial charge in [-0.3, -0.25) is 9.89 Å². The molecule has 28 heavy (non-hydrogen) atoms. The van der Waals surface area contributed by atoms with Crippen molar-refractivity contribution in [1.29, 1.82) is 0 Å². The molecule has 2 aromatic carbocycles. The Kier molecular flexibility index (Phi) is 5.78. The average Bonchev–Trinajstić information content (AvgIpc) is 3.15. The van der Waals surface area contributed by atoms with Crippen molar-refractivity contribution in [2.45, 2.75) is 13.0 Å². The number of nitrogens with one attached hydrogen (secondary N) is 2. The number of carbonyl (C=O) groups excluding carboxylic acids is 2. The number of H-pyrrole nitrogens is 1. The van der Waals surface area contributed by atoms with Gasteiger partial charge in [-0.2, -0.15) is 5.10 Å². The second kappa shape index (κ2) is 8.43. The normalized spacial score (nSPS) is 11.7. The van der Waals surface area contributed by atoms with Gasteiger partial charge in [0.05, 0.1) is 25.8 Å². The van der Waals surface area contributed by atoms with Crippen molar-refractivity contribution in [3.63, 3.8) is 0 Å². The van der Waals surface area contributed by atoms with Gasteiger partial charge in [-0.25, -0.2) is 4.79 Å². The molecular weight excluding hydrogens is 362 g/mol. The standard InChI is InChI=1S/C20H21N3O5/c1-12(15-10-13(26-2)8-9-17(15)27-3)21-18(24)11-28-20(25)19-14-6-4-5-7-16(14)22-23-19/h4-10,12H,11H2,1-3H3,(H,21,24)(H,22,23)/t12-/m0/s1. The lowest BCUT2D eigenvalue weighted by molar-refractivity contribution is -0.124. The number of hydrogen-bond acceptors (Lipinski definition) is 6. The van der Waals surface area contributed by atoms with Gasteiger partial charge in [-0.05, 0) is 31.2 Å².